The predicted octanol–water partition coefficient (Wildman–Crippen LogP) is 2.80. The van der Waals surface area contributed by atoms with Crippen LogP contribution in [-0.2, 0) is 4.74 Å². The highest BCUT2D eigenvalue weighted by Gasteiger charge is 2.16. The second kappa shape index (κ2) is 7.69. The normalized spacial score (nSPS) is 17.3. The van der Waals surface area contributed by atoms with Gasteiger partial charge in [0.25, 0.3) is 0 Å². The predicted molar refractivity (Wildman–Crippen MR) is 82.7 cm³/mol. The van der Waals surface area contributed by atoms with Crippen molar-refractivity contribution >= 4 is 11.7 Å². The third-order valence-corrected chi connectivity index (χ3v) is 3.18. The molecular formula is C16H22N2O3. The second-order valence-corrected chi connectivity index (χ2v) is 5.31. The summed E-state index contributed by atoms with van der Waals surface area (Å²) in [5.74, 6) is 1.05. The number of nitrogens with one attached hydrogen (secondary N) is 2. The molecule has 1 aliphatic heterocycles. The van der Waals surface area contributed by atoms with E-state index in [0.29, 0.717) is 30.5 Å². The molecule has 1 heterocycles. The fraction of sp³-hybridized carbons (Fsp3) is 0.438. The Morgan fingerprint density at radius 2 is 2.29 bits per heavy atom. The lowest BCUT2D eigenvalue weighted by atomic mass is 10.1. The minimum absolute atomic E-state index is 0.228. The molecule has 0 aliphatic carbocycles. The number of hydrogen-bond acceptors (Lipinski definition) is 3. The number of carbonyl (C=O) groups excluding carboxylic acids is 1. The smallest absolute Gasteiger partial charge is 0.319 e. The van der Waals surface area contributed by atoms with Crippen LogP contribution in [0.25, 0.3) is 0 Å². The van der Waals surface area contributed by atoms with Gasteiger partial charge in [0.1, 0.15) is 12.4 Å². The Morgan fingerprint density at radius 3 is 3.00 bits per heavy atom. The van der Waals surface area contributed by atoms with E-state index in [0.717, 1.165) is 25.2 Å². The first-order valence-electron chi connectivity index (χ1n) is 7.14. The average molecular weight is 290 g/mol. The number of amides is 2. The van der Waals surface area contributed by atoms with Crippen LogP contribution < -0.4 is 15.4 Å². The largest absolute Gasteiger partial charge is 0.487 e. The van der Waals surface area contributed by atoms with Gasteiger partial charge >= 0.3 is 6.03 Å². The molecule has 1 unspecified atom stereocenters. The van der Waals surface area contributed by atoms with Crippen LogP contribution in [0.1, 0.15) is 13.3 Å². The van der Waals surface area contributed by atoms with E-state index in [-0.39, 0.29) is 6.03 Å². The Bertz CT molecular complexity index is 496. The molecule has 0 bridgehead atoms. The molecule has 5 nitrogen and oxygen atoms in total. The van der Waals surface area contributed by atoms with Gasteiger partial charge in [-0.15, -0.1) is 0 Å². The summed E-state index contributed by atoms with van der Waals surface area (Å²) in [5, 5.41) is 5.67. The van der Waals surface area contributed by atoms with Crippen molar-refractivity contribution in [1.29, 1.82) is 0 Å². The van der Waals surface area contributed by atoms with Crippen LogP contribution in [0.5, 0.6) is 5.75 Å². The molecule has 1 saturated heterocycles. The molecule has 1 aromatic carbocycles. The summed E-state index contributed by atoms with van der Waals surface area (Å²) in [6.07, 6.45) is 0.999. The topological polar surface area (TPSA) is 59.6 Å². The zero-order valence-corrected chi connectivity index (χ0v) is 12.4. The van der Waals surface area contributed by atoms with E-state index in [9.17, 15) is 4.79 Å². The third kappa shape index (κ3) is 5.11. The Labute approximate surface area is 125 Å². The van der Waals surface area contributed by atoms with Gasteiger partial charge in [-0.05, 0) is 31.1 Å². The van der Waals surface area contributed by atoms with Gasteiger partial charge in [-0.1, -0.05) is 18.7 Å². The molecule has 2 rings (SSSR count). The summed E-state index contributed by atoms with van der Waals surface area (Å²) >= 11 is 0. The Kier molecular flexibility index (Phi) is 5.63. The summed E-state index contributed by atoms with van der Waals surface area (Å²) < 4.78 is 10.9. The maximum atomic E-state index is 11.9. The molecule has 1 aliphatic rings. The molecule has 0 saturated carbocycles. The number of para-hydroxylation sites is 2. The summed E-state index contributed by atoms with van der Waals surface area (Å²) in [5.41, 5.74) is 1.58. The molecule has 2 amide bonds. The number of hydrogen-bond donors (Lipinski definition) is 2. The number of rotatable bonds is 6. The van der Waals surface area contributed by atoms with E-state index in [4.69, 9.17) is 9.47 Å². The Morgan fingerprint density at radius 1 is 1.48 bits per heavy atom. The van der Waals surface area contributed by atoms with Gasteiger partial charge in [0.15, 0.2) is 0 Å². The Balaban J connectivity index is 1.85. The van der Waals surface area contributed by atoms with Crippen LogP contribution in [0, 0.1) is 5.92 Å². The molecule has 0 radical (unpaired) electrons. The first-order valence-corrected chi connectivity index (χ1v) is 7.14. The van der Waals surface area contributed by atoms with Gasteiger partial charge in [-0.2, -0.15) is 0 Å². The standard InChI is InChI=1S/C16H22N2O3/c1-12(2)10-21-15-6-4-3-5-14(15)18-16(19)17-9-13-7-8-20-11-13/h3-6,13H,1,7-11H2,2H3,(H2,17,18,19). The first-order chi connectivity index (χ1) is 10.1. The SMILES string of the molecule is C=C(C)COc1ccccc1NC(=O)NCC1CCOC1. The number of anilines is 1. The van der Waals surface area contributed by atoms with Gasteiger partial charge in [0, 0.05) is 19.1 Å². The number of ether oxygens (including phenoxy) is 2. The van der Waals surface area contributed by atoms with Crippen molar-refractivity contribution in [1.82, 2.24) is 5.32 Å². The maximum Gasteiger partial charge on any atom is 0.319 e. The van der Waals surface area contributed by atoms with Crippen LogP contribution in [0.3, 0.4) is 0 Å². The van der Waals surface area contributed by atoms with Gasteiger partial charge in [0.05, 0.1) is 12.3 Å². The quantitative estimate of drug-likeness (QED) is 0.792. The number of urea groups is 1. The molecule has 1 fully saturated rings. The molecule has 1 atom stereocenters. The van der Waals surface area contributed by atoms with E-state index in [2.05, 4.69) is 17.2 Å². The molecular weight excluding hydrogens is 268 g/mol. The molecule has 0 aromatic heterocycles. The summed E-state index contributed by atoms with van der Waals surface area (Å²) in [6.45, 7) is 8.25. The second-order valence-electron chi connectivity index (χ2n) is 5.31. The van der Waals surface area contributed by atoms with Crippen molar-refractivity contribution in [2.24, 2.45) is 5.92 Å². The van der Waals surface area contributed by atoms with Crippen LogP contribution in [0.15, 0.2) is 36.4 Å². The molecule has 0 spiro atoms. The van der Waals surface area contributed by atoms with E-state index in [1.165, 1.54) is 0 Å². The van der Waals surface area contributed by atoms with Crippen molar-refractivity contribution in [3.8, 4) is 5.75 Å². The minimum Gasteiger partial charge on any atom is -0.487 e. The fourth-order valence-corrected chi connectivity index (χ4v) is 2.04. The third-order valence-electron chi connectivity index (χ3n) is 3.18. The van der Waals surface area contributed by atoms with E-state index >= 15 is 0 Å². The summed E-state index contributed by atoms with van der Waals surface area (Å²) in [6, 6.07) is 7.13. The van der Waals surface area contributed by atoms with Crippen molar-refractivity contribution in [3.05, 3.63) is 36.4 Å². The van der Waals surface area contributed by atoms with Crippen molar-refractivity contribution in [3.63, 3.8) is 0 Å². The first kappa shape index (κ1) is 15.4. The summed E-state index contributed by atoms with van der Waals surface area (Å²) in [4.78, 5) is 11.9. The van der Waals surface area contributed by atoms with E-state index in [1.54, 1.807) is 0 Å². The zero-order chi connectivity index (χ0) is 15.1. The lowest BCUT2D eigenvalue weighted by molar-refractivity contribution is 0.185. The molecule has 2 N–H and O–H groups in total. The monoisotopic (exact) mass is 290 g/mol. The van der Waals surface area contributed by atoms with Gasteiger partial charge in [-0.25, -0.2) is 4.79 Å². The van der Waals surface area contributed by atoms with Crippen LogP contribution in [0.4, 0.5) is 10.5 Å². The molecule has 114 valence electrons. The fourth-order valence-electron chi connectivity index (χ4n) is 2.04. The molecule has 5 heteroatoms. The van der Waals surface area contributed by atoms with Crippen LogP contribution >= 0.6 is 0 Å². The lowest BCUT2D eigenvalue weighted by Crippen LogP contribution is -2.33. The maximum absolute atomic E-state index is 11.9. The zero-order valence-electron chi connectivity index (χ0n) is 12.4. The highest BCUT2D eigenvalue weighted by Crippen LogP contribution is 2.24. The Hall–Kier alpha value is -2.01. The van der Waals surface area contributed by atoms with Gasteiger partial charge in [-0.3, -0.25) is 0 Å². The van der Waals surface area contributed by atoms with Crippen LogP contribution in [0.2, 0.25) is 0 Å². The number of benzene rings is 1. The van der Waals surface area contributed by atoms with Gasteiger partial charge < -0.3 is 20.1 Å². The minimum atomic E-state index is -0.228. The average Bonchev–Trinajstić information content (AvgIpc) is 2.97. The molecule has 1 aromatic rings. The van der Waals surface area contributed by atoms with Crippen molar-refractivity contribution in [2.45, 2.75) is 13.3 Å². The highest BCUT2D eigenvalue weighted by molar-refractivity contribution is 5.90. The van der Waals surface area contributed by atoms with Crippen LogP contribution in [-0.4, -0.2) is 32.4 Å². The summed E-state index contributed by atoms with van der Waals surface area (Å²) in [7, 11) is 0. The van der Waals surface area contributed by atoms with E-state index < -0.39 is 0 Å². The van der Waals surface area contributed by atoms with E-state index in [1.807, 2.05) is 31.2 Å². The van der Waals surface area contributed by atoms with Gasteiger partial charge in [0.2, 0.25) is 0 Å². The highest BCUT2D eigenvalue weighted by atomic mass is 16.5. The van der Waals surface area contributed by atoms with Crippen molar-refractivity contribution in [2.75, 3.05) is 31.7 Å². The van der Waals surface area contributed by atoms with Crippen molar-refractivity contribution < 1.29 is 14.3 Å². The number of carbonyl (C=O) groups is 1. The lowest BCUT2D eigenvalue weighted by Gasteiger charge is -2.14. The molecule has 21 heavy (non-hydrogen) atoms.